The first-order valence-corrected chi connectivity index (χ1v) is 6.22. The molecule has 0 N–H and O–H groups in total. The second-order valence-corrected chi connectivity index (χ2v) is 4.84. The van der Waals surface area contributed by atoms with Crippen molar-refractivity contribution in [3.05, 3.63) is 12.2 Å². The summed E-state index contributed by atoms with van der Waals surface area (Å²) in [5, 5.41) is 0. The number of carbonyl (C=O) groups is 3. The van der Waals surface area contributed by atoms with Gasteiger partial charge < -0.3 is 14.2 Å². The fourth-order valence-electron chi connectivity index (χ4n) is 1.59. The van der Waals surface area contributed by atoms with E-state index in [-0.39, 0.29) is 5.92 Å². The Morgan fingerprint density at radius 3 is 1.75 bits per heavy atom. The molecule has 114 valence electrons. The van der Waals surface area contributed by atoms with E-state index in [1.165, 1.54) is 19.9 Å². The maximum absolute atomic E-state index is 12.0. The van der Waals surface area contributed by atoms with E-state index in [1.54, 1.807) is 6.08 Å². The highest BCUT2D eigenvalue weighted by atomic mass is 16.6. The van der Waals surface area contributed by atoms with E-state index in [9.17, 15) is 14.4 Å². The largest absolute Gasteiger partial charge is 0.468 e. The van der Waals surface area contributed by atoms with Crippen molar-refractivity contribution in [3.8, 4) is 0 Å². The summed E-state index contributed by atoms with van der Waals surface area (Å²) in [7, 11) is 2.31. The van der Waals surface area contributed by atoms with Gasteiger partial charge in [0.05, 0.1) is 14.2 Å². The highest BCUT2D eigenvalue weighted by Gasteiger charge is 2.51. The van der Waals surface area contributed by atoms with Gasteiger partial charge in [0.2, 0.25) is 5.41 Å². The fraction of sp³-hybridized carbons (Fsp3) is 0.643. The molecular formula is C14H22O6. The van der Waals surface area contributed by atoms with Gasteiger partial charge in [-0.2, -0.15) is 0 Å². The van der Waals surface area contributed by atoms with Crippen molar-refractivity contribution >= 4 is 17.9 Å². The van der Waals surface area contributed by atoms with Crippen LogP contribution in [0.2, 0.25) is 0 Å². The molecule has 0 aliphatic rings. The van der Waals surface area contributed by atoms with Crippen molar-refractivity contribution in [1.82, 2.24) is 0 Å². The van der Waals surface area contributed by atoms with Crippen LogP contribution < -0.4 is 0 Å². The predicted molar refractivity (Wildman–Crippen MR) is 71.7 cm³/mol. The highest BCUT2D eigenvalue weighted by molar-refractivity contribution is 6.00. The first-order valence-electron chi connectivity index (χ1n) is 6.22. The Morgan fingerprint density at radius 1 is 1.00 bits per heavy atom. The van der Waals surface area contributed by atoms with Gasteiger partial charge in [-0.25, -0.2) is 0 Å². The second-order valence-electron chi connectivity index (χ2n) is 4.84. The van der Waals surface area contributed by atoms with Gasteiger partial charge in [0.25, 0.3) is 0 Å². The molecule has 0 rings (SSSR count). The number of allylic oxidation sites excluding steroid dienone is 1. The number of carbonyl (C=O) groups excluding carboxylic acids is 3. The SMILES string of the molecule is COC(=O)C(C)(C(=O)OC)[C@@H](/C=C/C(C)C)OC(C)=O. The summed E-state index contributed by atoms with van der Waals surface area (Å²) in [5.41, 5.74) is -1.75. The van der Waals surface area contributed by atoms with Crippen molar-refractivity contribution in [1.29, 1.82) is 0 Å². The van der Waals surface area contributed by atoms with E-state index in [0.29, 0.717) is 0 Å². The van der Waals surface area contributed by atoms with E-state index < -0.39 is 29.4 Å². The molecule has 1 atom stereocenters. The Kier molecular flexibility index (Phi) is 6.96. The second kappa shape index (κ2) is 7.67. The van der Waals surface area contributed by atoms with Gasteiger partial charge in [-0.15, -0.1) is 0 Å². The quantitative estimate of drug-likeness (QED) is 0.318. The highest BCUT2D eigenvalue weighted by Crippen LogP contribution is 2.29. The van der Waals surface area contributed by atoms with Crippen LogP contribution >= 0.6 is 0 Å². The van der Waals surface area contributed by atoms with Crippen molar-refractivity contribution in [2.24, 2.45) is 11.3 Å². The summed E-state index contributed by atoms with van der Waals surface area (Å²) in [5.74, 6) is -2.11. The number of hydrogen-bond donors (Lipinski definition) is 0. The summed E-state index contributed by atoms with van der Waals surface area (Å²) in [4.78, 5) is 35.1. The molecule has 0 unspecified atom stereocenters. The van der Waals surface area contributed by atoms with Gasteiger partial charge >= 0.3 is 17.9 Å². The molecule has 0 fully saturated rings. The van der Waals surface area contributed by atoms with Crippen LogP contribution in [0.25, 0.3) is 0 Å². The molecule has 0 radical (unpaired) electrons. The molecule has 0 spiro atoms. The van der Waals surface area contributed by atoms with Gasteiger partial charge in [-0.3, -0.25) is 14.4 Å². The molecule has 0 heterocycles. The third-order valence-corrected chi connectivity index (χ3v) is 2.75. The molecule has 6 nitrogen and oxygen atoms in total. The summed E-state index contributed by atoms with van der Waals surface area (Å²) >= 11 is 0. The van der Waals surface area contributed by atoms with Crippen molar-refractivity contribution in [2.75, 3.05) is 14.2 Å². The predicted octanol–water partition coefficient (Wildman–Crippen LogP) is 1.48. The van der Waals surface area contributed by atoms with Crippen LogP contribution in [0, 0.1) is 11.3 Å². The summed E-state index contributed by atoms with van der Waals surface area (Å²) in [6.07, 6.45) is 2.14. The Hall–Kier alpha value is -1.85. The van der Waals surface area contributed by atoms with Gasteiger partial charge in [-0.1, -0.05) is 19.9 Å². The molecule has 0 aliphatic heterocycles. The number of methoxy groups -OCH3 is 2. The normalized spacial score (nSPS) is 13.2. The molecule has 0 amide bonds. The number of esters is 3. The van der Waals surface area contributed by atoms with E-state index in [2.05, 4.69) is 9.47 Å². The molecule has 0 saturated carbocycles. The lowest BCUT2D eigenvalue weighted by atomic mass is 9.83. The Morgan fingerprint density at radius 2 is 1.45 bits per heavy atom. The molecule has 20 heavy (non-hydrogen) atoms. The lowest BCUT2D eigenvalue weighted by Crippen LogP contribution is -2.49. The molecular weight excluding hydrogens is 264 g/mol. The smallest absolute Gasteiger partial charge is 0.327 e. The average molecular weight is 286 g/mol. The first kappa shape index (κ1) is 18.1. The Labute approximate surface area is 119 Å². The molecule has 0 bridgehead atoms. The number of rotatable bonds is 6. The number of ether oxygens (including phenoxy) is 3. The van der Waals surface area contributed by atoms with Crippen molar-refractivity contribution in [3.63, 3.8) is 0 Å². The number of hydrogen-bond acceptors (Lipinski definition) is 6. The minimum atomic E-state index is -1.75. The molecule has 0 saturated heterocycles. The van der Waals surface area contributed by atoms with Crippen LogP contribution in [0.5, 0.6) is 0 Å². The topological polar surface area (TPSA) is 78.9 Å². The third kappa shape index (κ3) is 4.36. The van der Waals surface area contributed by atoms with Crippen LogP contribution in [-0.2, 0) is 28.6 Å². The summed E-state index contributed by atoms with van der Waals surface area (Å²) in [6, 6.07) is 0. The fourth-order valence-corrected chi connectivity index (χ4v) is 1.59. The van der Waals surface area contributed by atoms with Crippen LogP contribution in [0.1, 0.15) is 27.7 Å². The zero-order valence-electron chi connectivity index (χ0n) is 12.8. The minimum Gasteiger partial charge on any atom is -0.468 e. The monoisotopic (exact) mass is 286 g/mol. The zero-order chi connectivity index (χ0) is 15.9. The lowest BCUT2D eigenvalue weighted by Gasteiger charge is -2.30. The van der Waals surface area contributed by atoms with Crippen LogP contribution in [0.3, 0.4) is 0 Å². The van der Waals surface area contributed by atoms with Crippen LogP contribution in [-0.4, -0.2) is 38.2 Å². The summed E-state index contributed by atoms with van der Waals surface area (Å²) < 4.78 is 14.4. The van der Waals surface area contributed by atoms with Crippen LogP contribution in [0.15, 0.2) is 12.2 Å². The van der Waals surface area contributed by atoms with E-state index in [4.69, 9.17) is 4.74 Å². The lowest BCUT2D eigenvalue weighted by molar-refractivity contribution is -0.178. The standard InChI is InChI=1S/C14H22O6/c1-9(2)7-8-11(20-10(3)15)14(4,12(16)18-5)13(17)19-6/h7-9,11H,1-6H3/b8-7+/t11-/m1/s1. The van der Waals surface area contributed by atoms with Gasteiger partial charge in [0.15, 0.2) is 0 Å². The molecule has 6 heteroatoms. The van der Waals surface area contributed by atoms with Gasteiger partial charge in [0, 0.05) is 6.92 Å². The molecule has 0 aromatic heterocycles. The molecule has 0 aromatic carbocycles. The van der Waals surface area contributed by atoms with Crippen LogP contribution in [0.4, 0.5) is 0 Å². The Bertz CT molecular complexity index is 380. The van der Waals surface area contributed by atoms with E-state index in [0.717, 1.165) is 14.2 Å². The third-order valence-electron chi connectivity index (χ3n) is 2.75. The van der Waals surface area contributed by atoms with Crippen molar-refractivity contribution < 1.29 is 28.6 Å². The van der Waals surface area contributed by atoms with Crippen molar-refractivity contribution in [2.45, 2.75) is 33.8 Å². The van der Waals surface area contributed by atoms with E-state index in [1.807, 2.05) is 13.8 Å². The Balaban J connectivity index is 5.67. The maximum Gasteiger partial charge on any atom is 0.327 e. The molecule has 0 aliphatic carbocycles. The maximum atomic E-state index is 12.0. The van der Waals surface area contributed by atoms with E-state index >= 15 is 0 Å². The minimum absolute atomic E-state index is 0.160. The first-order chi connectivity index (χ1) is 9.19. The van der Waals surface area contributed by atoms with Gasteiger partial charge in [-0.05, 0) is 18.9 Å². The average Bonchev–Trinajstić information content (AvgIpc) is 2.39. The van der Waals surface area contributed by atoms with Gasteiger partial charge in [0.1, 0.15) is 6.10 Å². The molecule has 0 aromatic rings. The zero-order valence-corrected chi connectivity index (χ0v) is 12.8. The summed E-state index contributed by atoms with van der Waals surface area (Å²) in [6.45, 7) is 6.35.